The molecule has 0 fully saturated rings. The Morgan fingerprint density at radius 3 is 2.55 bits per heavy atom. The molecule has 0 aliphatic carbocycles. The predicted molar refractivity (Wildman–Crippen MR) is 85.3 cm³/mol. The van der Waals surface area contributed by atoms with Crippen LogP contribution in [-0.4, -0.2) is 37.1 Å². The summed E-state index contributed by atoms with van der Waals surface area (Å²) in [5.74, 6) is 0.303. The predicted octanol–water partition coefficient (Wildman–Crippen LogP) is 3.76. The van der Waals surface area contributed by atoms with E-state index in [-0.39, 0.29) is 11.9 Å². The molecule has 20 heavy (non-hydrogen) atoms. The van der Waals surface area contributed by atoms with Gasteiger partial charge in [0.2, 0.25) is 0 Å². The second-order valence-corrected chi connectivity index (χ2v) is 6.37. The second-order valence-electron chi connectivity index (χ2n) is 5.39. The van der Waals surface area contributed by atoms with Gasteiger partial charge in [-0.25, -0.2) is 0 Å². The summed E-state index contributed by atoms with van der Waals surface area (Å²) in [5.41, 5.74) is 0. The molecule has 1 unspecified atom stereocenters. The number of ether oxygens (including phenoxy) is 1. The topological polar surface area (TPSA) is 29.5 Å². The van der Waals surface area contributed by atoms with Gasteiger partial charge < -0.3 is 9.64 Å². The molecule has 3 nitrogen and oxygen atoms in total. The van der Waals surface area contributed by atoms with Gasteiger partial charge in [0.25, 0.3) is 0 Å². The minimum Gasteiger partial charge on any atom is -0.464 e. The zero-order valence-electron chi connectivity index (χ0n) is 13.1. The summed E-state index contributed by atoms with van der Waals surface area (Å²) in [6.45, 7) is 11.8. The van der Waals surface area contributed by atoms with Crippen molar-refractivity contribution in [3.05, 3.63) is 22.4 Å². The van der Waals surface area contributed by atoms with Crippen molar-refractivity contribution in [3.8, 4) is 0 Å². The highest BCUT2D eigenvalue weighted by Crippen LogP contribution is 2.28. The SMILES string of the molecule is CCN(CC)CCOC(=O)C(CC(C)C)c1cccs1. The Kier molecular flexibility index (Phi) is 7.85. The molecule has 0 N–H and O–H groups in total. The van der Waals surface area contributed by atoms with Crippen LogP contribution in [-0.2, 0) is 9.53 Å². The minimum atomic E-state index is -0.105. The van der Waals surface area contributed by atoms with Crippen molar-refractivity contribution in [1.29, 1.82) is 0 Å². The monoisotopic (exact) mass is 297 g/mol. The maximum atomic E-state index is 12.3. The Labute approximate surface area is 126 Å². The molecule has 4 heteroatoms. The molecule has 1 aromatic rings. The third kappa shape index (κ3) is 5.63. The number of esters is 1. The molecule has 1 rings (SSSR count). The van der Waals surface area contributed by atoms with Gasteiger partial charge in [0, 0.05) is 11.4 Å². The van der Waals surface area contributed by atoms with Crippen LogP contribution in [0.2, 0.25) is 0 Å². The quantitative estimate of drug-likeness (QED) is 0.650. The maximum Gasteiger partial charge on any atom is 0.314 e. The first-order valence-corrected chi connectivity index (χ1v) is 8.38. The van der Waals surface area contributed by atoms with Crippen LogP contribution in [0.4, 0.5) is 0 Å². The van der Waals surface area contributed by atoms with Gasteiger partial charge in [0.05, 0.1) is 5.92 Å². The highest BCUT2D eigenvalue weighted by molar-refractivity contribution is 7.10. The fourth-order valence-corrected chi connectivity index (χ4v) is 3.03. The van der Waals surface area contributed by atoms with Gasteiger partial charge in [-0.15, -0.1) is 11.3 Å². The fraction of sp³-hybridized carbons (Fsp3) is 0.688. The van der Waals surface area contributed by atoms with Crippen molar-refractivity contribution >= 4 is 17.3 Å². The van der Waals surface area contributed by atoms with Gasteiger partial charge in [-0.2, -0.15) is 0 Å². The molecular weight excluding hydrogens is 270 g/mol. The van der Waals surface area contributed by atoms with Crippen LogP contribution in [0.5, 0.6) is 0 Å². The van der Waals surface area contributed by atoms with Crippen LogP contribution in [0, 0.1) is 5.92 Å². The number of thiophene rings is 1. The summed E-state index contributed by atoms with van der Waals surface area (Å²) in [7, 11) is 0. The molecule has 114 valence electrons. The van der Waals surface area contributed by atoms with Crippen LogP contribution >= 0.6 is 11.3 Å². The Hall–Kier alpha value is -0.870. The molecule has 0 radical (unpaired) electrons. The largest absolute Gasteiger partial charge is 0.464 e. The van der Waals surface area contributed by atoms with E-state index in [1.807, 2.05) is 17.5 Å². The summed E-state index contributed by atoms with van der Waals surface area (Å²) >= 11 is 1.64. The van der Waals surface area contributed by atoms with Gasteiger partial charge in [0.15, 0.2) is 0 Å². The number of likely N-dealkylation sites (N-methyl/N-ethyl adjacent to an activating group) is 1. The molecule has 1 aromatic heterocycles. The third-order valence-corrected chi connectivity index (χ3v) is 4.41. The summed E-state index contributed by atoms with van der Waals surface area (Å²) in [6, 6.07) is 4.03. The van der Waals surface area contributed by atoms with Gasteiger partial charge in [0.1, 0.15) is 6.61 Å². The fourth-order valence-electron chi connectivity index (χ4n) is 2.21. The van der Waals surface area contributed by atoms with Crippen LogP contribution in [0.25, 0.3) is 0 Å². The number of carbonyl (C=O) groups excluding carboxylic acids is 1. The van der Waals surface area contributed by atoms with Gasteiger partial charge >= 0.3 is 5.97 Å². The number of hydrogen-bond acceptors (Lipinski definition) is 4. The molecule has 0 saturated carbocycles. The number of hydrogen-bond donors (Lipinski definition) is 0. The van der Waals surface area contributed by atoms with Gasteiger partial charge in [-0.1, -0.05) is 33.8 Å². The van der Waals surface area contributed by atoms with Crippen molar-refractivity contribution in [1.82, 2.24) is 4.90 Å². The second kappa shape index (κ2) is 9.14. The molecule has 0 spiro atoms. The molecular formula is C16H27NO2S. The van der Waals surface area contributed by atoms with Crippen LogP contribution < -0.4 is 0 Å². The number of carbonyl (C=O) groups is 1. The minimum absolute atomic E-state index is 0.0756. The first-order chi connectivity index (χ1) is 9.58. The summed E-state index contributed by atoms with van der Waals surface area (Å²) in [5, 5.41) is 2.02. The average molecular weight is 297 g/mol. The lowest BCUT2D eigenvalue weighted by molar-refractivity contribution is -0.146. The first-order valence-electron chi connectivity index (χ1n) is 7.50. The molecule has 0 saturated heterocycles. The Morgan fingerprint density at radius 2 is 2.05 bits per heavy atom. The van der Waals surface area contributed by atoms with E-state index in [9.17, 15) is 4.79 Å². The molecule has 0 aliphatic heterocycles. The summed E-state index contributed by atoms with van der Waals surface area (Å²) in [4.78, 5) is 15.7. The normalized spacial score (nSPS) is 12.9. The van der Waals surface area contributed by atoms with Crippen molar-refractivity contribution < 1.29 is 9.53 Å². The van der Waals surface area contributed by atoms with E-state index in [1.54, 1.807) is 11.3 Å². The van der Waals surface area contributed by atoms with E-state index in [0.717, 1.165) is 30.9 Å². The maximum absolute atomic E-state index is 12.3. The van der Waals surface area contributed by atoms with Crippen molar-refractivity contribution in [2.24, 2.45) is 5.92 Å². The Bertz CT molecular complexity index is 372. The Balaban J connectivity index is 2.52. The zero-order valence-corrected chi connectivity index (χ0v) is 13.9. The molecule has 0 aliphatic rings. The smallest absolute Gasteiger partial charge is 0.314 e. The lowest BCUT2D eigenvalue weighted by Gasteiger charge is -2.20. The highest BCUT2D eigenvalue weighted by atomic mass is 32.1. The Morgan fingerprint density at radius 1 is 1.35 bits per heavy atom. The van der Waals surface area contributed by atoms with E-state index in [1.165, 1.54) is 0 Å². The zero-order chi connectivity index (χ0) is 15.0. The van der Waals surface area contributed by atoms with E-state index in [4.69, 9.17) is 4.74 Å². The number of rotatable bonds is 9. The molecule has 1 heterocycles. The van der Waals surface area contributed by atoms with Crippen molar-refractivity contribution in [2.45, 2.75) is 40.0 Å². The molecule has 1 atom stereocenters. The average Bonchev–Trinajstić information content (AvgIpc) is 2.94. The van der Waals surface area contributed by atoms with Crippen LogP contribution in [0.1, 0.15) is 44.9 Å². The van der Waals surface area contributed by atoms with E-state index in [0.29, 0.717) is 12.5 Å². The molecule has 0 bridgehead atoms. The van der Waals surface area contributed by atoms with Crippen molar-refractivity contribution in [3.63, 3.8) is 0 Å². The first kappa shape index (κ1) is 17.2. The third-order valence-electron chi connectivity index (χ3n) is 3.42. The molecule has 0 aromatic carbocycles. The van der Waals surface area contributed by atoms with Gasteiger partial charge in [-0.3, -0.25) is 4.79 Å². The lowest BCUT2D eigenvalue weighted by atomic mass is 9.96. The van der Waals surface area contributed by atoms with Crippen LogP contribution in [0.15, 0.2) is 17.5 Å². The van der Waals surface area contributed by atoms with E-state index < -0.39 is 0 Å². The van der Waals surface area contributed by atoms with E-state index >= 15 is 0 Å². The lowest BCUT2D eigenvalue weighted by Crippen LogP contribution is -2.29. The van der Waals surface area contributed by atoms with Crippen LogP contribution in [0.3, 0.4) is 0 Å². The summed E-state index contributed by atoms with van der Waals surface area (Å²) in [6.07, 6.45) is 0.852. The van der Waals surface area contributed by atoms with Gasteiger partial charge in [-0.05, 0) is 36.9 Å². The summed E-state index contributed by atoms with van der Waals surface area (Å²) < 4.78 is 5.49. The van der Waals surface area contributed by atoms with E-state index in [2.05, 4.69) is 32.6 Å². The van der Waals surface area contributed by atoms with Crippen molar-refractivity contribution in [2.75, 3.05) is 26.2 Å². The number of nitrogens with zero attached hydrogens (tertiary/aromatic N) is 1. The standard InChI is InChI=1S/C16H27NO2S/c1-5-17(6-2)9-10-19-16(18)14(12-13(3)4)15-8-7-11-20-15/h7-8,11,13-14H,5-6,9-10,12H2,1-4H3. The highest BCUT2D eigenvalue weighted by Gasteiger charge is 2.24. The molecule has 0 amide bonds.